The molecule has 52 valence electrons. The second-order valence-electron chi connectivity index (χ2n) is 2.05. The van der Waals surface area contributed by atoms with Crippen LogP contribution in [-0.4, -0.2) is 5.55 Å². The lowest BCUT2D eigenvalue weighted by Gasteiger charge is -1.94. The largest absolute Gasteiger partial charge is 0.302 e. The molecule has 0 aliphatic heterocycles. The highest BCUT2D eigenvalue weighted by atomic mass is 32.2. The van der Waals surface area contributed by atoms with Gasteiger partial charge in [0, 0.05) is 4.90 Å². The fraction of sp³-hybridized carbons (Fsp3) is 0.125. The Morgan fingerprint density at radius 1 is 1.30 bits per heavy atom. The number of rotatable bonds is 2. The molecule has 0 bridgehead atoms. The predicted molar refractivity (Wildman–Crippen MR) is 45.8 cm³/mol. The summed E-state index contributed by atoms with van der Waals surface area (Å²) in [4.78, 5) is 1.13. The van der Waals surface area contributed by atoms with Gasteiger partial charge in [-0.2, -0.15) is 0 Å². The molecule has 0 amide bonds. The third-order valence-corrected chi connectivity index (χ3v) is 1.88. The summed E-state index contributed by atoms with van der Waals surface area (Å²) < 4.78 is 0. The first-order valence-corrected chi connectivity index (χ1v) is 3.93. The standard InChI is InChI=1S/C8H9NS/c1-7-2-4-8(5-3-7)10-6-9/h2-6,9H,1H3. The summed E-state index contributed by atoms with van der Waals surface area (Å²) >= 11 is 1.43. The van der Waals surface area contributed by atoms with Gasteiger partial charge in [0.2, 0.25) is 0 Å². The third kappa shape index (κ3) is 1.88. The molecule has 1 N–H and O–H groups in total. The van der Waals surface area contributed by atoms with Crippen molar-refractivity contribution >= 4 is 17.3 Å². The predicted octanol–water partition coefficient (Wildman–Crippen LogP) is 2.69. The first kappa shape index (κ1) is 7.35. The lowest BCUT2D eigenvalue weighted by molar-refractivity contribution is 1.38. The highest BCUT2D eigenvalue weighted by Gasteiger charge is 1.87. The average molecular weight is 151 g/mol. The summed E-state index contributed by atoms with van der Waals surface area (Å²) in [5, 5.41) is 6.83. The van der Waals surface area contributed by atoms with E-state index in [0.717, 1.165) is 4.90 Å². The second-order valence-corrected chi connectivity index (χ2v) is 2.99. The lowest BCUT2D eigenvalue weighted by atomic mass is 10.2. The molecule has 1 aromatic carbocycles. The van der Waals surface area contributed by atoms with Gasteiger partial charge in [0.1, 0.15) is 0 Å². The first-order valence-electron chi connectivity index (χ1n) is 3.05. The van der Waals surface area contributed by atoms with E-state index in [1.807, 2.05) is 24.3 Å². The van der Waals surface area contributed by atoms with Crippen molar-refractivity contribution in [2.75, 3.05) is 0 Å². The maximum absolute atomic E-state index is 6.83. The Morgan fingerprint density at radius 3 is 2.40 bits per heavy atom. The Kier molecular flexibility index (Phi) is 2.51. The molecule has 0 saturated heterocycles. The highest BCUT2D eigenvalue weighted by Crippen LogP contribution is 2.14. The minimum absolute atomic E-state index is 1.13. The second kappa shape index (κ2) is 3.42. The molecule has 0 fully saturated rings. The van der Waals surface area contributed by atoms with Crippen LogP contribution in [0.25, 0.3) is 0 Å². The van der Waals surface area contributed by atoms with Crippen molar-refractivity contribution in [3.05, 3.63) is 29.8 Å². The third-order valence-electron chi connectivity index (χ3n) is 1.22. The van der Waals surface area contributed by atoms with E-state index in [1.165, 1.54) is 22.9 Å². The molecule has 0 heterocycles. The number of thioether (sulfide) groups is 1. The van der Waals surface area contributed by atoms with Crippen LogP contribution in [0.15, 0.2) is 29.2 Å². The summed E-state index contributed by atoms with van der Waals surface area (Å²) in [6.07, 6.45) is 0. The topological polar surface area (TPSA) is 23.9 Å². The Labute approximate surface area is 65.0 Å². The van der Waals surface area contributed by atoms with Crippen LogP contribution < -0.4 is 0 Å². The van der Waals surface area contributed by atoms with Gasteiger partial charge in [-0.3, -0.25) is 0 Å². The molecule has 2 heteroatoms. The molecule has 1 aromatic rings. The van der Waals surface area contributed by atoms with Crippen molar-refractivity contribution in [1.82, 2.24) is 0 Å². The van der Waals surface area contributed by atoms with E-state index in [1.54, 1.807) is 0 Å². The van der Waals surface area contributed by atoms with Gasteiger partial charge in [0.15, 0.2) is 0 Å². The van der Waals surface area contributed by atoms with Crippen LogP contribution in [0.5, 0.6) is 0 Å². The van der Waals surface area contributed by atoms with Crippen LogP contribution in [0, 0.1) is 12.3 Å². The number of aryl methyl sites for hydroxylation is 1. The molecule has 0 aromatic heterocycles. The van der Waals surface area contributed by atoms with Gasteiger partial charge < -0.3 is 5.41 Å². The smallest absolute Gasteiger partial charge is 0.0554 e. The van der Waals surface area contributed by atoms with Gasteiger partial charge in [-0.05, 0) is 19.1 Å². The van der Waals surface area contributed by atoms with E-state index in [9.17, 15) is 0 Å². The minimum atomic E-state index is 1.13. The van der Waals surface area contributed by atoms with Crippen molar-refractivity contribution in [1.29, 1.82) is 5.41 Å². The van der Waals surface area contributed by atoms with Gasteiger partial charge in [0.25, 0.3) is 0 Å². The zero-order valence-corrected chi connectivity index (χ0v) is 6.61. The monoisotopic (exact) mass is 151 g/mol. The molecule has 0 aliphatic rings. The van der Waals surface area contributed by atoms with E-state index >= 15 is 0 Å². The minimum Gasteiger partial charge on any atom is -0.302 e. The van der Waals surface area contributed by atoms with Crippen LogP contribution >= 0.6 is 11.8 Å². The number of benzene rings is 1. The highest BCUT2D eigenvalue weighted by molar-refractivity contribution is 8.12. The summed E-state index contributed by atoms with van der Waals surface area (Å²) in [7, 11) is 0. The number of hydrogen-bond acceptors (Lipinski definition) is 2. The Hall–Kier alpha value is -0.760. The Balaban J connectivity index is 2.78. The summed E-state index contributed by atoms with van der Waals surface area (Å²) in [5.41, 5.74) is 2.60. The number of nitrogens with one attached hydrogen (secondary N) is 1. The van der Waals surface area contributed by atoms with E-state index in [-0.39, 0.29) is 0 Å². The maximum atomic E-state index is 6.83. The molecule has 0 aliphatic carbocycles. The lowest BCUT2D eigenvalue weighted by Crippen LogP contribution is -1.71. The summed E-state index contributed by atoms with van der Waals surface area (Å²) in [6, 6.07) is 8.13. The van der Waals surface area contributed by atoms with Gasteiger partial charge in [-0.1, -0.05) is 29.5 Å². The zero-order valence-electron chi connectivity index (χ0n) is 5.79. The first-order chi connectivity index (χ1) is 4.83. The molecule has 0 saturated carbocycles. The molecular formula is C8H9NS. The van der Waals surface area contributed by atoms with E-state index in [0.29, 0.717) is 0 Å². The summed E-state index contributed by atoms with van der Waals surface area (Å²) in [5.74, 6) is 0. The molecule has 0 unspecified atom stereocenters. The van der Waals surface area contributed by atoms with Gasteiger partial charge >= 0.3 is 0 Å². The molecular weight excluding hydrogens is 142 g/mol. The van der Waals surface area contributed by atoms with Crippen LogP contribution in [0.2, 0.25) is 0 Å². The fourth-order valence-corrected chi connectivity index (χ4v) is 1.11. The van der Waals surface area contributed by atoms with E-state index < -0.39 is 0 Å². The number of hydrogen-bond donors (Lipinski definition) is 1. The fourth-order valence-electron chi connectivity index (χ4n) is 0.685. The van der Waals surface area contributed by atoms with Crippen LogP contribution in [-0.2, 0) is 0 Å². The molecule has 1 nitrogen and oxygen atoms in total. The quantitative estimate of drug-likeness (QED) is 0.392. The van der Waals surface area contributed by atoms with Crippen molar-refractivity contribution in [3.8, 4) is 0 Å². The van der Waals surface area contributed by atoms with Crippen LogP contribution in [0.3, 0.4) is 0 Å². The van der Waals surface area contributed by atoms with Gasteiger partial charge in [0.05, 0.1) is 5.55 Å². The SMILES string of the molecule is Cc1ccc(SC=N)cc1. The average Bonchev–Trinajstić information content (AvgIpc) is 1.95. The Bertz CT molecular complexity index is 215. The Morgan fingerprint density at radius 2 is 1.90 bits per heavy atom. The summed E-state index contributed by atoms with van der Waals surface area (Å²) in [6.45, 7) is 2.05. The van der Waals surface area contributed by atoms with E-state index in [4.69, 9.17) is 5.41 Å². The van der Waals surface area contributed by atoms with Crippen molar-refractivity contribution in [3.63, 3.8) is 0 Å². The van der Waals surface area contributed by atoms with Crippen molar-refractivity contribution < 1.29 is 0 Å². The molecule has 10 heavy (non-hydrogen) atoms. The normalized spacial score (nSPS) is 9.30. The van der Waals surface area contributed by atoms with Gasteiger partial charge in [-0.25, -0.2) is 0 Å². The molecule has 1 rings (SSSR count). The van der Waals surface area contributed by atoms with Crippen molar-refractivity contribution in [2.24, 2.45) is 0 Å². The van der Waals surface area contributed by atoms with Crippen molar-refractivity contribution in [2.45, 2.75) is 11.8 Å². The molecule has 0 spiro atoms. The van der Waals surface area contributed by atoms with E-state index in [2.05, 4.69) is 6.92 Å². The molecule has 0 radical (unpaired) electrons. The van der Waals surface area contributed by atoms with Gasteiger partial charge in [-0.15, -0.1) is 0 Å². The molecule has 0 atom stereocenters. The zero-order chi connectivity index (χ0) is 7.40. The van der Waals surface area contributed by atoms with Crippen LogP contribution in [0.4, 0.5) is 0 Å². The van der Waals surface area contributed by atoms with Crippen LogP contribution in [0.1, 0.15) is 5.56 Å². The maximum Gasteiger partial charge on any atom is 0.0554 e.